The van der Waals surface area contributed by atoms with Crippen molar-refractivity contribution in [3.63, 3.8) is 0 Å². The molecule has 4 nitrogen and oxygen atoms in total. The minimum absolute atomic E-state index is 0.704. The largest absolute Gasteiger partial charge is 0.493 e. The van der Waals surface area contributed by atoms with Gasteiger partial charge in [0.1, 0.15) is 5.75 Å². The van der Waals surface area contributed by atoms with E-state index in [4.69, 9.17) is 4.74 Å². The number of nitrogens with one attached hydrogen (secondary N) is 1. The topological polar surface area (TPSA) is 46.0 Å². The molecule has 0 heterocycles. The molecule has 0 unspecified atom stereocenters. The summed E-state index contributed by atoms with van der Waals surface area (Å²) in [6, 6.07) is 18.0. The quantitative estimate of drug-likeness (QED) is 0.276. The van der Waals surface area contributed by atoms with Gasteiger partial charge in [0.2, 0.25) is 0 Å². The molecule has 23 heavy (non-hydrogen) atoms. The first-order valence-electron chi connectivity index (χ1n) is 7.46. The number of aryl methyl sites for hydroxylation is 1. The van der Waals surface area contributed by atoms with E-state index in [1.54, 1.807) is 21.6 Å². The molecule has 2 rings (SSSR count). The van der Waals surface area contributed by atoms with E-state index in [0.717, 1.165) is 29.5 Å². The fraction of sp³-hybridized carbons (Fsp3) is 0.294. The number of hydrogen-bond acceptors (Lipinski definition) is 5. The summed E-state index contributed by atoms with van der Waals surface area (Å²) in [6.45, 7) is 3.49. The lowest BCUT2D eigenvalue weighted by Crippen LogP contribution is -1.99. The van der Waals surface area contributed by atoms with Crippen LogP contribution in [0.4, 0.5) is 5.69 Å². The van der Waals surface area contributed by atoms with E-state index in [1.165, 1.54) is 5.56 Å². The third-order valence-corrected chi connectivity index (χ3v) is 5.19. The van der Waals surface area contributed by atoms with Gasteiger partial charge in [-0.05, 0) is 31.2 Å². The molecule has 2 aromatic rings. The van der Waals surface area contributed by atoms with Gasteiger partial charge in [-0.1, -0.05) is 62.7 Å². The fourth-order valence-corrected chi connectivity index (χ4v) is 3.36. The molecule has 0 radical (unpaired) electrons. The molecule has 0 atom stereocenters. The van der Waals surface area contributed by atoms with E-state index in [0.29, 0.717) is 6.54 Å². The average molecular weight is 348 g/mol. The van der Waals surface area contributed by atoms with Crippen LogP contribution in [0.15, 0.2) is 64.9 Å². The molecule has 0 bridgehead atoms. The summed E-state index contributed by atoms with van der Waals surface area (Å²) in [6.07, 6.45) is 0. The van der Waals surface area contributed by atoms with Crippen molar-refractivity contribution in [1.29, 1.82) is 0 Å². The molecule has 0 spiro atoms. The van der Waals surface area contributed by atoms with E-state index in [9.17, 15) is 0 Å². The molecular weight excluding hydrogens is 326 g/mol. The van der Waals surface area contributed by atoms with Gasteiger partial charge in [0.15, 0.2) is 0 Å². The van der Waals surface area contributed by atoms with Gasteiger partial charge in [-0.3, -0.25) is 5.43 Å². The molecule has 0 aliphatic rings. The Kier molecular flexibility index (Phi) is 8.43. The molecule has 2 aromatic carbocycles. The Balaban J connectivity index is 1.44. The van der Waals surface area contributed by atoms with Crippen molar-refractivity contribution in [2.24, 2.45) is 10.3 Å². The molecule has 6 heteroatoms. The summed E-state index contributed by atoms with van der Waals surface area (Å²) in [5, 5.41) is 8.08. The Labute approximate surface area is 145 Å². The highest BCUT2D eigenvalue weighted by atomic mass is 33.1. The lowest BCUT2D eigenvalue weighted by atomic mass is 10.2. The number of rotatable bonds is 10. The zero-order chi connectivity index (χ0) is 16.2. The third kappa shape index (κ3) is 7.95. The zero-order valence-electron chi connectivity index (χ0n) is 13.1. The van der Waals surface area contributed by atoms with Gasteiger partial charge in [-0.15, -0.1) is 0 Å². The molecule has 122 valence electrons. The summed E-state index contributed by atoms with van der Waals surface area (Å²) < 4.78 is 5.62. The van der Waals surface area contributed by atoms with Gasteiger partial charge in [0, 0.05) is 11.5 Å². The number of nitrogens with zero attached hydrogens (tertiary/aromatic N) is 2. The fourth-order valence-electron chi connectivity index (χ4n) is 1.68. The Morgan fingerprint density at radius 3 is 2.48 bits per heavy atom. The van der Waals surface area contributed by atoms with Crippen LogP contribution in [-0.2, 0) is 0 Å². The first-order chi connectivity index (χ1) is 11.3. The van der Waals surface area contributed by atoms with Crippen LogP contribution in [0.1, 0.15) is 5.56 Å². The number of ether oxygens (including phenoxy) is 1. The maximum absolute atomic E-state index is 5.62. The Morgan fingerprint density at radius 1 is 0.957 bits per heavy atom. The van der Waals surface area contributed by atoms with E-state index >= 15 is 0 Å². The first kappa shape index (κ1) is 17.7. The molecular formula is C17H21N3OS2. The standard InChI is InChI=1S/C17H21N3OS2/c1-15-7-9-16(10-8-15)19-20-18-11-13-22-23-14-12-21-17-5-3-2-4-6-17/h2-10H,11-14H2,1H3,(H,18,19). The van der Waals surface area contributed by atoms with E-state index in [1.807, 2.05) is 54.6 Å². The van der Waals surface area contributed by atoms with Gasteiger partial charge in [-0.25, -0.2) is 0 Å². The number of hydrogen-bond donors (Lipinski definition) is 1. The van der Waals surface area contributed by atoms with Crippen molar-refractivity contribution in [3.05, 3.63) is 60.2 Å². The van der Waals surface area contributed by atoms with Crippen LogP contribution in [0.5, 0.6) is 5.75 Å². The van der Waals surface area contributed by atoms with Crippen molar-refractivity contribution < 1.29 is 4.74 Å². The van der Waals surface area contributed by atoms with Crippen molar-refractivity contribution >= 4 is 27.3 Å². The van der Waals surface area contributed by atoms with Gasteiger partial charge in [-0.2, -0.15) is 5.11 Å². The number of para-hydroxylation sites is 1. The Bertz CT molecular complexity index is 576. The maximum Gasteiger partial charge on any atom is 0.119 e. The Hall–Kier alpha value is -1.66. The highest BCUT2D eigenvalue weighted by Crippen LogP contribution is 2.20. The van der Waals surface area contributed by atoms with Crippen LogP contribution in [0, 0.1) is 6.92 Å². The minimum Gasteiger partial charge on any atom is -0.493 e. The highest BCUT2D eigenvalue weighted by Gasteiger charge is 1.94. The van der Waals surface area contributed by atoms with Gasteiger partial charge in [0.05, 0.1) is 18.8 Å². The van der Waals surface area contributed by atoms with E-state index < -0.39 is 0 Å². The molecule has 0 amide bonds. The lowest BCUT2D eigenvalue weighted by molar-refractivity contribution is 0.344. The molecule has 0 aromatic heterocycles. The van der Waals surface area contributed by atoms with Gasteiger partial charge >= 0.3 is 0 Å². The second-order valence-corrected chi connectivity index (χ2v) is 7.45. The predicted octanol–water partition coefficient (Wildman–Crippen LogP) is 5.23. The molecule has 0 aliphatic heterocycles. The summed E-state index contributed by atoms with van der Waals surface area (Å²) in [7, 11) is 3.59. The molecule has 0 saturated carbocycles. The van der Waals surface area contributed by atoms with Crippen molar-refractivity contribution in [2.75, 3.05) is 30.1 Å². The zero-order valence-corrected chi connectivity index (χ0v) is 14.8. The Morgan fingerprint density at radius 2 is 1.70 bits per heavy atom. The number of anilines is 1. The smallest absolute Gasteiger partial charge is 0.119 e. The second-order valence-electron chi connectivity index (χ2n) is 4.75. The van der Waals surface area contributed by atoms with Gasteiger partial charge < -0.3 is 4.74 Å². The van der Waals surface area contributed by atoms with Crippen LogP contribution in [-0.4, -0.2) is 24.7 Å². The predicted molar refractivity (Wildman–Crippen MR) is 101 cm³/mol. The molecule has 1 N–H and O–H groups in total. The first-order valence-corrected chi connectivity index (χ1v) is 9.95. The lowest BCUT2D eigenvalue weighted by Gasteiger charge is -2.04. The van der Waals surface area contributed by atoms with E-state index in [-0.39, 0.29) is 0 Å². The van der Waals surface area contributed by atoms with Crippen LogP contribution in [0.2, 0.25) is 0 Å². The molecule has 0 fully saturated rings. The average Bonchev–Trinajstić information content (AvgIpc) is 2.59. The van der Waals surface area contributed by atoms with E-state index in [2.05, 4.69) is 22.7 Å². The van der Waals surface area contributed by atoms with Crippen LogP contribution < -0.4 is 10.2 Å². The van der Waals surface area contributed by atoms with Crippen LogP contribution in [0.3, 0.4) is 0 Å². The molecule has 0 aliphatic carbocycles. The highest BCUT2D eigenvalue weighted by molar-refractivity contribution is 8.76. The second kappa shape index (κ2) is 11.0. The van der Waals surface area contributed by atoms with Crippen molar-refractivity contribution in [3.8, 4) is 5.75 Å². The third-order valence-electron chi connectivity index (χ3n) is 2.84. The normalized spacial score (nSPS) is 10.8. The summed E-state index contributed by atoms with van der Waals surface area (Å²) in [4.78, 5) is 0. The van der Waals surface area contributed by atoms with Crippen LogP contribution >= 0.6 is 21.6 Å². The van der Waals surface area contributed by atoms with Crippen molar-refractivity contribution in [1.82, 2.24) is 0 Å². The van der Waals surface area contributed by atoms with Crippen molar-refractivity contribution in [2.45, 2.75) is 6.92 Å². The molecule has 0 saturated heterocycles. The minimum atomic E-state index is 0.704. The summed E-state index contributed by atoms with van der Waals surface area (Å²) in [5.41, 5.74) is 5.11. The maximum atomic E-state index is 5.62. The van der Waals surface area contributed by atoms with Crippen LogP contribution in [0.25, 0.3) is 0 Å². The summed E-state index contributed by atoms with van der Waals surface area (Å²) >= 11 is 0. The summed E-state index contributed by atoms with van der Waals surface area (Å²) in [5.74, 6) is 2.82. The monoisotopic (exact) mass is 347 g/mol. The van der Waals surface area contributed by atoms with Gasteiger partial charge in [0.25, 0.3) is 0 Å². The SMILES string of the molecule is Cc1ccc(NN=NCCSSCCOc2ccccc2)cc1. The number of benzene rings is 2.